The summed E-state index contributed by atoms with van der Waals surface area (Å²) in [6, 6.07) is 0. The van der Waals surface area contributed by atoms with E-state index in [2.05, 4.69) is 13.5 Å². The van der Waals surface area contributed by atoms with Crippen LogP contribution in [0.15, 0.2) is 12.2 Å². The molecule has 3 fully saturated rings. The minimum Gasteiger partial charge on any atom is -0.432 e. The van der Waals surface area contributed by atoms with Crippen LogP contribution in [0.1, 0.15) is 33.1 Å². The first-order valence-electron chi connectivity index (χ1n) is 6.51. The fraction of sp³-hybridized carbons (Fsp3) is 0.786. The third-order valence-electron chi connectivity index (χ3n) is 5.22. The van der Waals surface area contributed by atoms with E-state index in [1.54, 1.807) is 6.92 Å². The number of carbonyl (C=O) groups is 1. The average Bonchev–Trinajstić information content (AvgIpc) is 2.91. The van der Waals surface area contributed by atoms with Crippen LogP contribution in [0.2, 0.25) is 0 Å². The van der Waals surface area contributed by atoms with Gasteiger partial charge in [0.15, 0.2) is 0 Å². The zero-order chi connectivity index (χ0) is 12.2. The van der Waals surface area contributed by atoms with Gasteiger partial charge in [-0.3, -0.25) is 0 Å². The van der Waals surface area contributed by atoms with Crippen molar-refractivity contribution >= 4 is 5.97 Å². The number of ether oxygens (including phenoxy) is 2. The Balaban J connectivity index is 1.79. The van der Waals surface area contributed by atoms with Crippen LogP contribution in [0.5, 0.6) is 0 Å². The molecule has 1 heterocycles. The Morgan fingerprint density at radius 3 is 2.94 bits per heavy atom. The second kappa shape index (κ2) is 3.58. The molecule has 0 aromatic rings. The van der Waals surface area contributed by atoms with E-state index in [1.165, 1.54) is 19.3 Å². The molecular weight excluding hydrogens is 216 g/mol. The highest BCUT2D eigenvalue weighted by Crippen LogP contribution is 2.64. The summed E-state index contributed by atoms with van der Waals surface area (Å²) in [4.78, 5) is 11.6. The van der Waals surface area contributed by atoms with Crippen LogP contribution in [0.25, 0.3) is 0 Å². The minimum absolute atomic E-state index is 0.0496. The lowest BCUT2D eigenvalue weighted by molar-refractivity contribution is -0.186. The van der Waals surface area contributed by atoms with Gasteiger partial charge in [0.1, 0.15) is 0 Å². The highest BCUT2D eigenvalue weighted by molar-refractivity contribution is 5.87. The van der Waals surface area contributed by atoms with Crippen LogP contribution < -0.4 is 0 Å². The smallest absolute Gasteiger partial charge is 0.335 e. The van der Waals surface area contributed by atoms with Crippen LogP contribution in [0.3, 0.4) is 0 Å². The zero-order valence-corrected chi connectivity index (χ0v) is 10.6. The van der Waals surface area contributed by atoms with Gasteiger partial charge in [-0.2, -0.15) is 0 Å². The summed E-state index contributed by atoms with van der Waals surface area (Å²) in [7, 11) is 0. The first-order valence-corrected chi connectivity index (χ1v) is 6.51. The number of fused-ring (bicyclic) bond motifs is 5. The van der Waals surface area contributed by atoms with Crippen LogP contribution in [-0.4, -0.2) is 18.9 Å². The van der Waals surface area contributed by atoms with E-state index in [-0.39, 0.29) is 17.7 Å². The molecule has 3 rings (SSSR count). The van der Waals surface area contributed by atoms with Gasteiger partial charge in [-0.25, -0.2) is 4.79 Å². The summed E-state index contributed by atoms with van der Waals surface area (Å²) >= 11 is 0. The van der Waals surface area contributed by atoms with Gasteiger partial charge < -0.3 is 9.47 Å². The van der Waals surface area contributed by atoms with Gasteiger partial charge in [-0.15, -0.1) is 0 Å². The van der Waals surface area contributed by atoms with E-state index in [9.17, 15) is 4.79 Å². The summed E-state index contributed by atoms with van der Waals surface area (Å²) in [6.07, 6.45) is 3.54. The van der Waals surface area contributed by atoms with Crippen molar-refractivity contribution in [2.24, 2.45) is 23.2 Å². The lowest BCUT2D eigenvalue weighted by atomic mass is 9.68. The quantitative estimate of drug-likeness (QED) is 0.546. The zero-order valence-electron chi connectivity index (χ0n) is 10.6. The Kier molecular flexibility index (Phi) is 2.37. The Morgan fingerprint density at radius 2 is 2.24 bits per heavy atom. The molecule has 0 aromatic carbocycles. The molecule has 0 N–H and O–H groups in total. The third kappa shape index (κ3) is 1.41. The summed E-state index contributed by atoms with van der Waals surface area (Å²) in [5.74, 6) is 1.73. The summed E-state index contributed by atoms with van der Waals surface area (Å²) in [5, 5.41) is 0. The van der Waals surface area contributed by atoms with E-state index in [0.717, 1.165) is 12.5 Å². The van der Waals surface area contributed by atoms with Gasteiger partial charge in [0.05, 0.1) is 6.61 Å². The molecule has 2 aliphatic carbocycles. The Morgan fingerprint density at radius 1 is 1.47 bits per heavy atom. The van der Waals surface area contributed by atoms with Gasteiger partial charge >= 0.3 is 5.97 Å². The molecule has 0 radical (unpaired) electrons. The molecule has 1 saturated heterocycles. The van der Waals surface area contributed by atoms with Crippen LogP contribution in [0, 0.1) is 23.2 Å². The van der Waals surface area contributed by atoms with Crippen LogP contribution >= 0.6 is 0 Å². The predicted octanol–water partition coefficient (Wildman–Crippen LogP) is 2.51. The van der Waals surface area contributed by atoms with Crippen molar-refractivity contribution < 1.29 is 14.3 Å². The standard InChI is InChI=1S/C14H20O3/c1-8(2)12(15)17-13-14(3)10-5-4-9(6-10)11(14)7-16-13/h9-11,13H,1,4-7H2,2-3H3. The Hall–Kier alpha value is -0.830. The molecule has 0 amide bonds. The third-order valence-corrected chi connectivity index (χ3v) is 5.22. The van der Waals surface area contributed by atoms with E-state index >= 15 is 0 Å². The van der Waals surface area contributed by atoms with Crippen molar-refractivity contribution in [2.45, 2.75) is 39.4 Å². The molecule has 3 nitrogen and oxygen atoms in total. The van der Waals surface area contributed by atoms with Crippen LogP contribution in [-0.2, 0) is 14.3 Å². The average molecular weight is 236 g/mol. The molecule has 17 heavy (non-hydrogen) atoms. The van der Waals surface area contributed by atoms with Crippen molar-refractivity contribution in [1.29, 1.82) is 0 Å². The summed E-state index contributed by atoms with van der Waals surface area (Å²) in [6.45, 7) is 8.30. The van der Waals surface area contributed by atoms with Crippen LogP contribution in [0.4, 0.5) is 0 Å². The molecule has 0 aromatic heterocycles. The maximum absolute atomic E-state index is 11.6. The second-order valence-corrected chi connectivity index (χ2v) is 6.09. The normalized spacial score (nSPS) is 46.9. The van der Waals surface area contributed by atoms with Crippen molar-refractivity contribution in [3.63, 3.8) is 0 Å². The minimum atomic E-state index is -0.355. The van der Waals surface area contributed by atoms with Crippen molar-refractivity contribution in [3.8, 4) is 0 Å². The molecule has 2 bridgehead atoms. The molecule has 1 aliphatic heterocycles. The number of rotatable bonds is 2. The SMILES string of the molecule is C=C(C)C(=O)OC1OCC2C3CCC(C3)C12C. The summed E-state index contributed by atoms with van der Waals surface area (Å²) in [5.41, 5.74) is 0.498. The molecule has 0 spiro atoms. The topological polar surface area (TPSA) is 35.5 Å². The fourth-order valence-corrected chi connectivity index (χ4v) is 4.17. The monoisotopic (exact) mass is 236 g/mol. The Labute approximate surface area is 102 Å². The highest BCUT2D eigenvalue weighted by Gasteiger charge is 2.64. The number of carbonyl (C=O) groups excluding carboxylic acids is 1. The van der Waals surface area contributed by atoms with E-state index < -0.39 is 0 Å². The number of hydrogen-bond donors (Lipinski definition) is 0. The van der Waals surface area contributed by atoms with Gasteiger partial charge in [-0.1, -0.05) is 13.5 Å². The Bertz CT molecular complexity index is 376. The number of esters is 1. The first-order chi connectivity index (χ1) is 8.03. The van der Waals surface area contributed by atoms with Gasteiger partial charge in [0.25, 0.3) is 0 Å². The number of hydrogen-bond acceptors (Lipinski definition) is 3. The molecule has 3 heteroatoms. The van der Waals surface area contributed by atoms with Gasteiger partial charge in [0, 0.05) is 11.0 Å². The van der Waals surface area contributed by atoms with E-state index in [4.69, 9.17) is 9.47 Å². The largest absolute Gasteiger partial charge is 0.432 e. The summed E-state index contributed by atoms with van der Waals surface area (Å²) < 4.78 is 11.2. The van der Waals surface area contributed by atoms with Gasteiger partial charge in [-0.05, 0) is 43.9 Å². The second-order valence-electron chi connectivity index (χ2n) is 6.09. The predicted molar refractivity (Wildman–Crippen MR) is 63.1 cm³/mol. The highest BCUT2D eigenvalue weighted by atomic mass is 16.7. The lowest BCUT2D eigenvalue weighted by Crippen LogP contribution is -2.41. The van der Waals surface area contributed by atoms with E-state index in [1.807, 2.05) is 0 Å². The van der Waals surface area contributed by atoms with Crippen molar-refractivity contribution in [1.82, 2.24) is 0 Å². The fourth-order valence-electron chi connectivity index (χ4n) is 4.17. The molecule has 94 valence electrons. The maximum Gasteiger partial charge on any atom is 0.335 e. The van der Waals surface area contributed by atoms with E-state index in [0.29, 0.717) is 17.4 Å². The molecule has 3 aliphatic rings. The molecule has 5 atom stereocenters. The molecular formula is C14H20O3. The molecule has 2 saturated carbocycles. The van der Waals surface area contributed by atoms with Crippen molar-refractivity contribution in [3.05, 3.63) is 12.2 Å². The van der Waals surface area contributed by atoms with Gasteiger partial charge in [0.2, 0.25) is 6.29 Å². The first kappa shape index (κ1) is 11.3. The lowest BCUT2D eigenvalue weighted by Gasteiger charge is -2.37. The van der Waals surface area contributed by atoms with Crippen molar-refractivity contribution in [2.75, 3.05) is 6.61 Å². The molecule has 5 unspecified atom stereocenters. The maximum atomic E-state index is 11.6.